The second kappa shape index (κ2) is 6.16. The summed E-state index contributed by atoms with van der Waals surface area (Å²) < 4.78 is 1.93. The number of anilines is 1. The van der Waals surface area contributed by atoms with Gasteiger partial charge in [-0.2, -0.15) is 0 Å². The highest BCUT2D eigenvalue weighted by molar-refractivity contribution is 5.82. The number of imidazole rings is 1. The van der Waals surface area contributed by atoms with Crippen LogP contribution in [0.2, 0.25) is 0 Å². The summed E-state index contributed by atoms with van der Waals surface area (Å²) in [7, 11) is 0. The molecule has 0 unspecified atom stereocenters. The van der Waals surface area contributed by atoms with Crippen molar-refractivity contribution in [3.63, 3.8) is 0 Å². The van der Waals surface area contributed by atoms with Crippen LogP contribution in [0, 0.1) is 0 Å². The van der Waals surface area contributed by atoms with Crippen molar-refractivity contribution in [1.82, 2.24) is 34.9 Å². The molecule has 0 saturated carbocycles. The molecular formula is C15H20N8O. The zero-order chi connectivity index (χ0) is 16.5. The maximum absolute atomic E-state index is 9.45. The minimum atomic E-state index is -0.397. The summed E-state index contributed by atoms with van der Waals surface area (Å²) in [6.45, 7) is 3.54. The van der Waals surface area contributed by atoms with Crippen molar-refractivity contribution in [2.24, 2.45) is 0 Å². The Hall–Kier alpha value is -2.55. The number of nitrogens with zero attached hydrogens (tertiary/aromatic N) is 7. The molecule has 1 saturated heterocycles. The van der Waals surface area contributed by atoms with E-state index in [0.29, 0.717) is 18.1 Å². The first kappa shape index (κ1) is 15.0. The predicted molar refractivity (Wildman–Crippen MR) is 87.6 cm³/mol. The van der Waals surface area contributed by atoms with Crippen molar-refractivity contribution in [3.05, 3.63) is 24.5 Å². The Morgan fingerprint density at radius 1 is 1.29 bits per heavy atom. The summed E-state index contributed by atoms with van der Waals surface area (Å²) in [5, 5.41) is 17.8. The van der Waals surface area contributed by atoms with Crippen LogP contribution < -0.4 is 4.90 Å². The van der Waals surface area contributed by atoms with Gasteiger partial charge in [0.15, 0.2) is 11.5 Å². The van der Waals surface area contributed by atoms with E-state index in [2.05, 4.69) is 35.1 Å². The molecule has 0 spiro atoms. The molecule has 9 nitrogen and oxygen atoms in total. The highest BCUT2D eigenvalue weighted by atomic mass is 16.3. The van der Waals surface area contributed by atoms with E-state index in [1.54, 1.807) is 19.6 Å². The molecule has 0 aromatic carbocycles. The summed E-state index contributed by atoms with van der Waals surface area (Å²) in [4.78, 5) is 18.1. The van der Waals surface area contributed by atoms with E-state index < -0.39 is 6.10 Å². The van der Waals surface area contributed by atoms with E-state index in [4.69, 9.17) is 0 Å². The predicted octanol–water partition coefficient (Wildman–Crippen LogP) is 0.709. The van der Waals surface area contributed by atoms with Gasteiger partial charge in [0, 0.05) is 25.7 Å². The summed E-state index contributed by atoms with van der Waals surface area (Å²) in [6, 6.07) is 0.329. The molecule has 0 radical (unpaired) electrons. The largest absolute Gasteiger partial charge is 0.393 e. The van der Waals surface area contributed by atoms with Crippen LogP contribution in [0.4, 0.5) is 5.82 Å². The number of aromatic nitrogens is 7. The van der Waals surface area contributed by atoms with Gasteiger partial charge in [0.2, 0.25) is 0 Å². The number of hydrogen-bond donors (Lipinski definition) is 2. The van der Waals surface area contributed by atoms with Crippen LogP contribution in [0.1, 0.15) is 31.5 Å². The van der Waals surface area contributed by atoms with Gasteiger partial charge >= 0.3 is 0 Å². The van der Waals surface area contributed by atoms with Gasteiger partial charge in [-0.25, -0.2) is 19.6 Å². The van der Waals surface area contributed by atoms with Crippen molar-refractivity contribution in [1.29, 1.82) is 0 Å². The SMILES string of the molecule is C[C@H](O)Cc1cn(C2CCN(c3ncnc4nc[nH]c34)CC2)nn1. The van der Waals surface area contributed by atoms with Crippen LogP contribution in [-0.4, -0.2) is 59.2 Å². The Labute approximate surface area is 138 Å². The average molecular weight is 328 g/mol. The van der Waals surface area contributed by atoms with E-state index in [1.165, 1.54) is 0 Å². The van der Waals surface area contributed by atoms with Gasteiger partial charge in [0.25, 0.3) is 0 Å². The van der Waals surface area contributed by atoms with E-state index in [0.717, 1.165) is 43.0 Å². The molecule has 3 aromatic heterocycles. The topological polar surface area (TPSA) is 109 Å². The highest BCUT2D eigenvalue weighted by Gasteiger charge is 2.24. The first-order valence-electron chi connectivity index (χ1n) is 8.18. The Bertz CT molecular complexity index is 818. The molecule has 1 aliphatic heterocycles. The third-order valence-corrected chi connectivity index (χ3v) is 4.40. The molecule has 2 N–H and O–H groups in total. The van der Waals surface area contributed by atoms with Crippen LogP contribution >= 0.6 is 0 Å². The van der Waals surface area contributed by atoms with Crippen molar-refractivity contribution < 1.29 is 5.11 Å². The number of aliphatic hydroxyl groups is 1. The molecule has 0 bridgehead atoms. The first-order chi connectivity index (χ1) is 11.7. The fourth-order valence-electron chi connectivity index (χ4n) is 3.22. The zero-order valence-corrected chi connectivity index (χ0v) is 13.5. The van der Waals surface area contributed by atoms with Gasteiger partial charge in [-0.15, -0.1) is 5.10 Å². The average Bonchev–Trinajstić information content (AvgIpc) is 3.23. The molecule has 24 heavy (non-hydrogen) atoms. The third kappa shape index (κ3) is 2.82. The number of fused-ring (bicyclic) bond motifs is 1. The number of rotatable bonds is 4. The summed E-state index contributed by atoms with van der Waals surface area (Å²) in [6.07, 6.45) is 7.24. The Morgan fingerprint density at radius 2 is 2.12 bits per heavy atom. The van der Waals surface area contributed by atoms with Gasteiger partial charge in [-0.05, 0) is 19.8 Å². The molecule has 0 amide bonds. The standard InChI is InChI=1S/C15H20N8O/c1-10(24)6-11-7-23(21-20-11)12-2-4-22(5-3-12)15-13-14(17-8-16-13)18-9-19-15/h7-10,12,24H,2-6H2,1H3,(H,16,17,18,19)/t10-/m0/s1. The summed E-state index contributed by atoms with van der Waals surface area (Å²) >= 11 is 0. The Morgan fingerprint density at radius 3 is 2.92 bits per heavy atom. The molecule has 0 aliphatic carbocycles. The van der Waals surface area contributed by atoms with E-state index in [9.17, 15) is 5.11 Å². The van der Waals surface area contributed by atoms with Crippen molar-refractivity contribution >= 4 is 17.0 Å². The Kier molecular flexibility index (Phi) is 3.85. The van der Waals surface area contributed by atoms with Gasteiger partial charge in [0.1, 0.15) is 11.8 Å². The monoisotopic (exact) mass is 328 g/mol. The molecular weight excluding hydrogens is 308 g/mol. The number of aliphatic hydroxyl groups excluding tert-OH is 1. The van der Waals surface area contributed by atoms with Gasteiger partial charge in [-0.1, -0.05) is 5.21 Å². The lowest BCUT2D eigenvalue weighted by atomic mass is 10.1. The Balaban J connectivity index is 1.45. The lowest BCUT2D eigenvalue weighted by Gasteiger charge is -2.32. The van der Waals surface area contributed by atoms with Crippen LogP contribution in [0.3, 0.4) is 0 Å². The lowest BCUT2D eigenvalue weighted by Crippen LogP contribution is -2.35. The van der Waals surface area contributed by atoms with Gasteiger partial charge in [-0.3, -0.25) is 0 Å². The second-order valence-electron chi connectivity index (χ2n) is 6.26. The molecule has 1 fully saturated rings. The molecule has 126 valence electrons. The number of hydrogen-bond acceptors (Lipinski definition) is 7. The van der Waals surface area contributed by atoms with Crippen LogP contribution in [0.5, 0.6) is 0 Å². The van der Waals surface area contributed by atoms with E-state index >= 15 is 0 Å². The quantitative estimate of drug-likeness (QED) is 0.726. The van der Waals surface area contributed by atoms with E-state index in [1.807, 2.05) is 10.9 Å². The highest BCUT2D eigenvalue weighted by Crippen LogP contribution is 2.27. The number of aromatic amines is 1. The maximum Gasteiger partial charge on any atom is 0.182 e. The lowest BCUT2D eigenvalue weighted by molar-refractivity contribution is 0.194. The molecule has 3 aromatic rings. The fraction of sp³-hybridized carbons (Fsp3) is 0.533. The van der Waals surface area contributed by atoms with Gasteiger partial charge < -0.3 is 15.0 Å². The van der Waals surface area contributed by atoms with E-state index in [-0.39, 0.29) is 0 Å². The van der Waals surface area contributed by atoms with Crippen molar-refractivity contribution in [3.8, 4) is 0 Å². The van der Waals surface area contributed by atoms with Crippen molar-refractivity contribution in [2.75, 3.05) is 18.0 Å². The number of H-pyrrole nitrogens is 1. The second-order valence-corrected chi connectivity index (χ2v) is 6.26. The first-order valence-corrected chi connectivity index (χ1v) is 8.18. The van der Waals surface area contributed by atoms with Crippen molar-refractivity contribution in [2.45, 2.75) is 38.3 Å². The smallest absolute Gasteiger partial charge is 0.182 e. The molecule has 1 aliphatic rings. The minimum Gasteiger partial charge on any atom is -0.393 e. The maximum atomic E-state index is 9.45. The van der Waals surface area contributed by atoms with Gasteiger partial charge in [0.05, 0.1) is 24.2 Å². The van der Waals surface area contributed by atoms with Crippen LogP contribution in [0.15, 0.2) is 18.9 Å². The van der Waals surface area contributed by atoms with Crippen LogP contribution in [0.25, 0.3) is 11.2 Å². The minimum absolute atomic E-state index is 0.329. The number of nitrogens with one attached hydrogen (secondary N) is 1. The molecule has 4 rings (SSSR count). The molecule has 1 atom stereocenters. The summed E-state index contributed by atoms with van der Waals surface area (Å²) in [5.74, 6) is 0.907. The summed E-state index contributed by atoms with van der Waals surface area (Å²) in [5.41, 5.74) is 2.42. The molecule has 4 heterocycles. The fourth-order valence-corrected chi connectivity index (χ4v) is 3.22. The zero-order valence-electron chi connectivity index (χ0n) is 13.5. The molecule has 9 heteroatoms. The normalized spacial score (nSPS) is 17.5. The van der Waals surface area contributed by atoms with Crippen LogP contribution in [-0.2, 0) is 6.42 Å². The third-order valence-electron chi connectivity index (χ3n) is 4.40. The number of piperidine rings is 1.